The van der Waals surface area contributed by atoms with Gasteiger partial charge in [-0.05, 0) is 49.4 Å². The van der Waals surface area contributed by atoms with Crippen LogP contribution in [0.3, 0.4) is 0 Å². The van der Waals surface area contributed by atoms with E-state index in [1.807, 2.05) is 67.4 Å². The first-order valence-corrected chi connectivity index (χ1v) is 8.25. The molecule has 0 heterocycles. The van der Waals surface area contributed by atoms with E-state index in [9.17, 15) is 4.79 Å². The largest absolute Gasteiger partial charge is 0.489 e. The number of rotatable bonds is 7. The molecule has 2 rings (SSSR count). The molecule has 1 N–H and O–H groups in total. The average Bonchev–Trinajstić information content (AvgIpc) is 2.59. The predicted molar refractivity (Wildman–Crippen MR) is 97.2 cm³/mol. The minimum absolute atomic E-state index is 0.0129. The first kappa shape index (κ1) is 18.3. The van der Waals surface area contributed by atoms with Crippen molar-refractivity contribution >= 4 is 17.5 Å². The van der Waals surface area contributed by atoms with Crippen LogP contribution in [0.15, 0.2) is 48.5 Å². The molecule has 1 atom stereocenters. The monoisotopic (exact) mass is 346 g/mol. The second kappa shape index (κ2) is 8.71. The molecular weight excluding hydrogens is 324 g/mol. The number of nitrogens with zero attached hydrogens (tertiary/aromatic N) is 1. The lowest BCUT2D eigenvalue weighted by Gasteiger charge is -2.23. The Morgan fingerprint density at radius 1 is 1.21 bits per heavy atom. The summed E-state index contributed by atoms with van der Waals surface area (Å²) in [5.74, 6) is 0.819. The molecule has 0 spiro atoms. The molecule has 0 saturated heterocycles. The molecule has 2 aromatic rings. The van der Waals surface area contributed by atoms with Crippen molar-refractivity contribution in [1.82, 2.24) is 10.2 Å². The highest BCUT2D eigenvalue weighted by Gasteiger charge is 2.16. The smallest absolute Gasteiger partial charge is 0.236 e. The van der Waals surface area contributed by atoms with E-state index in [-0.39, 0.29) is 11.9 Å². The zero-order chi connectivity index (χ0) is 17.5. The van der Waals surface area contributed by atoms with Crippen molar-refractivity contribution in [2.75, 3.05) is 14.1 Å². The lowest BCUT2D eigenvalue weighted by atomic mass is 10.2. The second-order valence-corrected chi connectivity index (χ2v) is 6.20. The number of carbonyl (C=O) groups is 1. The third-order valence-electron chi connectivity index (χ3n) is 3.94. The molecule has 2 aromatic carbocycles. The van der Waals surface area contributed by atoms with Gasteiger partial charge in [-0.2, -0.15) is 0 Å². The number of amides is 1. The third kappa shape index (κ3) is 5.25. The Labute approximate surface area is 148 Å². The first-order chi connectivity index (χ1) is 11.5. The number of carbonyl (C=O) groups excluding carboxylic acids is 1. The molecule has 0 unspecified atom stereocenters. The first-order valence-electron chi connectivity index (χ1n) is 7.87. The third-order valence-corrected chi connectivity index (χ3v) is 4.17. The Bertz CT molecular complexity index is 673. The molecule has 0 aliphatic heterocycles. The Morgan fingerprint density at radius 2 is 1.92 bits per heavy atom. The van der Waals surface area contributed by atoms with Crippen LogP contribution in [-0.2, 0) is 17.9 Å². The van der Waals surface area contributed by atoms with E-state index in [2.05, 4.69) is 5.32 Å². The molecule has 0 aromatic heterocycles. The maximum atomic E-state index is 11.7. The van der Waals surface area contributed by atoms with Gasteiger partial charge in [-0.15, -0.1) is 0 Å². The van der Waals surface area contributed by atoms with Crippen LogP contribution in [0, 0.1) is 0 Å². The van der Waals surface area contributed by atoms with E-state index < -0.39 is 0 Å². The minimum Gasteiger partial charge on any atom is -0.489 e. The minimum atomic E-state index is -0.172. The van der Waals surface area contributed by atoms with Crippen LogP contribution < -0.4 is 10.1 Å². The summed E-state index contributed by atoms with van der Waals surface area (Å²) in [4.78, 5) is 13.7. The van der Waals surface area contributed by atoms with Crippen molar-refractivity contribution in [2.45, 2.75) is 26.1 Å². The summed E-state index contributed by atoms with van der Waals surface area (Å²) in [5, 5.41) is 3.37. The summed E-state index contributed by atoms with van der Waals surface area (Å²) in [5.41, 5.74) is 2.16. The summed E-state index contributed by atoms with van der Waals surface area (Å²) in [7, 11) is 3.59. The van der Waals surface area contributed by atoms with Gasteiger partial charge in [-0.1, -0.05) is 35.9 Å². The van der Waals surface area contributed by atoms with Gasteiger partial charge in [0.1, 0.15) is 12.4 Å². The second-order valence-electron chi connectivity index (χ2n) is 5.77. The summed E-state index contributed by atoms with van der Waals surface area (Å²) >= 11 is 5.97. The number of hydrogen-bond donors (Lipinski definition) is 1. The Kier molecular flexibility index (Phi) is 6.64. The van der Waals surface area contributed by atoms with Gasteiger partial charge in [-0.3, -0.25) is 9.69 Å². The number of ether oxygens (including phenoxy) is 1. The van der Waals surface area contributed by atoms with Crippen molar-refractivity contribution in [2.24, 2.45) is 0 Å². The molecule has 5 heteroatoms. The zero-order valence-electron chi connectivity index (χ0n) is 14.3. The number of nitrogens with one attached hydrogen (secondary N) is 1. The fourth-order valence-electron chi connectivity index (χ4n) is 2.32. The highest BCUT2D eigenvalue weighted by atomic mass is 35.5. The average molecular weight is 347 g/mol. The Balaban J connectivity index is 1.89. The normalized spacial score (nSPS) is 12.0. The maximum absolute atomic E-state index is 11.7. The van der Waals surface area contributed by atoms with Gasteiger partial charge in [0, 0.05) is 18.6 Å². The standard InChI is InChI=1S/C19H23ClN2O2/c1-14(19(23)21-2)22(3)12-15-7-9-18(10-8-15)24-13-16-5-4-6-17(20)11-16/h4-11,14H,12-13H2,1-3H3,(H,21,23)/t14-/m0/s1. The van der Waals surface area contributed by atoms with Gasteiger partial charge in [-0.25, -0.2) is 0 Å². The van der Waals surface area contributed by atoms with E-state index >= 15 is 0 Å². The molecule has 24 heavy (non-hydrogen) atoms. The quantitative estimate of drug-likeness (QED) is 0.834. The molecular formula is C19H23ClN2O2. The van der Waals surface area contributed by atoms with Crippen molar-refractivity contribution in [3.05, 3.63) is 64.7 Å². The summed E-state index contributed by atoms with van der Waals surface area (Å²) in [6.45, 7) is 3.07. The van der Waals surface area contributed by atoms with E-state index in [1.165, 1.54) is 0 Å². The molecule has 4 nitrogen and oxygen atoms in total. The number of benzene rings is 2. The lowest BCUT2D eigenvalue weighted by molar-refractivity contribution is -0.125. The van der Waals surface area contributed by atoms with Crippen molar-refractivity contribution < 1.29 is 9.53 Å². The highest BCUT2D eigenvalue weighted by molar-refractivity contribution is 6.30. The highest BCUT2D eigenvalue weighted by Crippen LogP contribution is 2.17. The van der Waals surface area contributed by atoms with E-state index in [0.717, 1.165) is 16.9 Å². The van der Waals surface area contributed by atoms with Crippen molar-refractivity contribution in [3.63, 3.8) is 0 Å². The van der Waals surface area contributed by atoms with E-state index in [1.54, 1.807) is 7.05 Å². The van der Waals surface area contributed by atoms with E-state index in [0.29, 0.717) is 18.2 Å². The maximum Gasteiger partial charge on any atom is 0.236 e. The van der Waals surface area contributed by atoms with Crippen LogP contribution in [-0.4, -0.2) is 30.9 Å². The lowest BCUT2D eigenvalue weighted by Crippen LogP contribution is -2.41. The molecule has 128 valence electrons. The molecule has 0 aliphatic carbocycles. The summed E-state index contributed by atoms with van der Waals surface area (Å²) < 4.78 is 5.77. The number of halogens is 1. The zero-order valence-corrected chi connectivity index (χ0v) is 15.0. The van der Waals surface area contributed by atoms with Crippen LogP contribution >= 0.6 is 11.6 Å². The fraction of sp³-hybridized carbons (Fsp3) is 0.316. The van der Waals surface area contributed by atoms with Crippen LogP contribution in [0.5, 0.6) is 5.75 Å². The summed E-state index contributed by atoms with van der Waals surface area (Å²) in [6, 6.07) is 15.4. The van der Waals surface area contributed by atoms with Crippen molar-refractivity contribution in [3.8, 4) is 5.75 Å². The predicted octanol–water partition coefficient (Wildman–Crippen LogP) is 3.49. The Morgan fingerprint density at radius 3 is 2.54 bits per heavy atom. The topological polar surface area (TPSA) is 41.6 Å². The van der Waals surface area contributed by atoms with Gasteiger partial charge in [0.05, 0.1) is 6.04 Å². The molecule has 0 bridgehead atoms. The van der Waals surface area contributed by atoms with Crippen LogP contribution in [0.4, 0.5) is 0 Å². The number of likely N-dealkylation sites (N-methyl/N-ethyl adjacent to an activating group) is 2. The molecule has 1 amide bonds. The Hall–Kier alpha value is -2.04. The van der Waals surface area contributed by atoms with Gasteiger partial charge in [0.15, 0.2) is 0 Å². The van der Waals surface area contributed by atoms with Crippen LogP contribution in [0.2, 0.25) is 5.02 Å². The summed E-state index contributed by atoms with van der Waals surface area (Å²) in [6.07, 6.45) is 0. The van der Waals surface area contributed by atoms with Crippen molar-refractivity contribution in [1.29, 1.82) is 0 Å². The van der Waals surface area contributed by atoms with Gasteiger partial charge >= 0.3 is 0 Å². The van der Waals surface area contributed by atoms with Gasteiger partial charge in [0.25, 0.3) is 0 Å². The SMILES string of the molecule is CNC(=O)[C@H](C)N(C)Cc1ccc(OCc2cccc(Cl)c2)cc1. The van der Waals surface area contributed by atoms with Crippen LogP contribution in [0.25, 0.3) is 0 Å². The molecule has 0 aliphatic rings. The molecule has 0 fully saturated rings. The van der Waals surface area contributed by atoms with Gasteiger partial charge in [0.2, 0.25) is 5.91 Å². The fourth-order valence-corrected chi connectivity index (χ4v) is 2.53. The molecule has 0 saturated carbocycles. The number of hydrogen-bond acceptors (Lipinski definition) is 3. The van der Waals surface area contributed by atoms with Gasteiger partial charge < -0.3 is 10.1 Å². The van der Waals surface area contributed by atoms with Crippen LogP contribution in [0.1, 0.15) is 18.1 Å². The molecule has 0 radical (unpaired) electrons. The van der Waals surface area contributed by atoms with E-state index in [4.69, 9.17) is 16.3 Å².